The average Bonchev–Trinajstić information content (AvgIpc) is 2.38. The number of methoxy groups -OCH3 is 2. The lowest BCUT2D eigenvalue weighted by molar-refractivity contribution is 0.00639. The van der Waals surface area contributed by atoms with E-state index in [1.54, 1.807) is 26.6 Å². The highest BCUT2D eigenvalue weighted by atomic mass is 16.5. The van der Waals surface area contributed by atoms with Crippen LogP contribution in [-0.2, 0) is 4.74 Å². The van der Waals surface area contributed by atoms with E-state index in [0.717, 1.165) is 18.7 Å². The number of hydrogen-bond donors (Lipinski definition) is 1. The van der Waals surface area contributed by atoms with Crippen LogP contribution in [0.25, 0.3) is 0 Å². The quantitative estimate of drug-likeness (QED) is 0.805. The lowest BCUT2D eigenvalue weighted by Gasteiger charge is -2.29. The Labute approximate surface area is 109 Å². The number of nitrogens with zero attached hydrogens (tertiary/aromatic N) is 2. The van der Waals surface area contributed by atoms with Gasteiger partial charge < -0.3 is 14.8 Å². The molecule has 0 spiro atoms. The van der Waals surface area contributed by atoms with Gasteiger partial charge in [-0.15, -0.1) is 0 Å². The van der Waals surface area contributed by atoms with E-state index in [-0.39, 0.29) is 11.6 Å². The summed E-state index contributed by atoms with van der Waals surface area (Å²) in [6.45, 7) is 7.03. The average molecular weight is 253 g/mol. The first-order chi connectivity index (χ1) is 8.54. The monoisotopic (exact) mass is 253 g/mol. The van der Waals surface area contributed by atoms with Crippen LogP contribution in [-0.4, -0.2) is 36.3 Å². The fourth-order valence-electron chi connectivity index (χ4n) is 1.82. The Balaban J connectivity index is 2.96. The number of rotatable bonds is 7. The van der Waals surface area contributed by atoms with Gasteiger partial charge in [0, 0.05) is 19.5 Å². The topological polar surface area (TPSA) is 56.3 Å². The van der Waals surface area contributed by atoms with Crippen LogP contribution in [0.4, 0.5) is 0 Å². The summed E-state index contributed by atoms with van der Waals surface area (Å²) in [4.78, 5) is 8.57. The van der Waals surface area contributed by atoms with E-state index in [0.29, 0.717) is 5.88 Å². The van der Waals surface area contributed by atoms with Crippen molar-refractivity contribution in [3.63, 3.8) is 0 Å². The third kappa shape index (κ3) is 3.92. The summed E-state index contributed by atoms with van der Waals surface area (Å²) < 4.78 is 10.7. The highest BCUT2D eigenvalue weighted by molar-refractivity contribution is 5.21. The Hall–Kier alpha value is -1.20. The van der Waals surface area contributed by atoms with Crippen LogP contribution in [0.15, 0.2) is 12.4 Å². The third-order valence-electron chi connectivity index (χ3n) is 2.91. The molecule has 0 amide bonds. The highest BCUT2D eigenvalue weighted by Gasteiger charge is 2.26. The molecule has 5 nitrogen and oxygen atoms in total. The maximum Gasteiger partial charge on any atom is 0.236 e. The van der Waals surface area contributed by atoms with Gasteiger partial charge in [-0.3, -0.25) is 4.98 Å². The number of nitrogens with one attached hydrogen (secondary N) is 1. The number of hydrogen-bond acceptors (Lipinski definition) is 5. The van der Waals surface area contributed by atoms with Crippen LogP contribution in [0.1, 0.15) is 38.9 Å². The maximum absolute atomic E-state index is 5.48. The van der Waals surface area contributed by atoms with Crippen molar-refractivity contribution in [1.29, 1.82) is 0 Å². The van der Waals surface area contributed by atoms with E-state index >= 15 is 0 Å². The zero-order valence-electron chi connectivity index (χ0n) is 11.9. The van der Waals surface area contributed by atoms with Crippen molar-refractivity contribution in [3.8, 4) is 5.88 Å². The molecule has 0 fully saturated rings. The summed E-state index contributed by atoms with van der Waals surface area (Å²) in [6.07, 6.45) is 4.11. The van der Waals surface area contributed by atoms with Gasteiger partial charge in [0.05, 0.1) is 18.8 Å². The van der Waals surface area contributed by atoms with Crippen molar-refractivity contribution in [3.05, 3.63) is 18.1 Å². The van der Waals surface area contributed by atoms with Gasteiger partial charge in [0.25, 0.3) is 0 Å². The van der Waals surface area contributed by atoms with Crippen molar-refractivity contribution < 1.29 is 9.47 Å². The molecule has 1 atom stereocenters. The van der Waals surface area contributed by atoms with Crippen molar-refractivity contribution in [2.45, 2.75) is 38.8 Å². The minimum absolute atomic E-state index is 0.0635. The molecular weight excluding hydrogens is 230 g/mol. The molecule has 0 radical (unpaired) electrons. The molecule has 0 aliphatic carbocycles. The molecule has 1 N–H and O–H groups in total. The lowest BCUT2D eigenvalue weighted by Crippen LogP contribution is -2.32. The van der Waals surface area contributed by atoms with Gasteiger partial charge in [-0.2, -0.15) is 0 Å². The molecule has 18 heavy (non-hydrogen) atoms. The minimum Gasteiger partial charge on any atom is -0.480 e. The second-order valence-electron chi connectivity index (χ2n) is 4.73. The molecule has 1 aromatic rings. The van der Waals surface area contributed by atoms with Gasteiger partial charge >= 0.3 is 0 Å². The lowest BCUT2D eigenvalue weighted by atomic mass is 9.96. The maximum atomic E-state index is 5.48. The first kappa shape index (κ1) is 14.9. The van der Waals surface area contributed by atoms with Crippen molar-refractivity contribution in [2.75, 3.05) is 20.8 Å². The van der Waals surface area contributed by atoms with E-state index in [1.165, 1.54) is 0 Å². The summed E-state index contributed by atoms with van der Waals surface area (Å²) in [6, 6.07) is 0.0635. The zero-order valence-corrected chi connectivity index (χ0v) is 11.9. The second kappa shape index (κ2) is 6.66. The van der Waals surface area contributed by atoms with Crippen molar-refractivity contribution in [1.82, 2.24) is 15.3 Å². The summed E-state index contributed by atoms with van der Waals surface area (Å²) in [5, 5.41) is 3.40. The molecule has 1 heterocycles. The van der Waals surface area contributed by atoms with Crippen LogP contribution in [0, 0.1) is 0 Å². The zero-order chi connectivity index (χ0) is 13.6. The smallest absolute Gasteiger partial charge is 0.236 e. The molecule has 0 saturated carbocycles. The van der Waals surface area contributed by atoms with Gasteiger partial charge in [-0.05, 0) is 26.8 Å². The molecule has 102 valence electrons. The highest BCUT2D eigenvalue weighted by Crippen LogP contribution is 2.28. The largest absolute Gasteiger partial charge is 0.480 e. The SMILES string of the molecule is CCNC(CC(C)(C)OC)c1nccnc1OC. The molecule has 0 aliphatic rings. The molecule has 0 bridgehead atoms. The predicted octanol–water partition coefficient (Wildman–Crippen LogP) is 1.95. The van der Waals surface area contributed by atoms with Crippen molar-refractivity contribution >= 4 is 0 Å². The Bertz CT molecular complexity index is 369. The molecule has 0 aliphatic heterocycles. The summed E-state index contributed by atoms with van der Waals surface area (Å²) in [5.41, 5.74) is 0.599. The van der Waals surface area contributed by atoms with Gasteiger partial charge in [0.2, 0.25) is 5.88 Å². The van der Waals surface area contributed by atoms with Crippen molar-refractivity contribution in [2.24, 2.45) is 0 Å². The first-order valence-electron chi connectivity index (χ1n) is 6.17. The van der Waals surface area contributed by atoms with Gasteiger partial charge in [0.15, 0.2) is 0 Å². The van der Waals surface area contributed by atoms with E-state index in [2.05, 4.69) is 36.1 Å². The molecule has 0 saturated heterocycles. The standard InChI is InChI=1S/C13H23N3O2/c1-6-14-10(9-13(2,3)18-5)11-12(17-4)16-8-7-15-11/h7-8,10,14H,6,9H2,1-5H3. The van der Waals surface area contributed by atoms with Crippen LogP contribution >= 0.6 is 0 Å². The molecule has 0 aromatic carbocycles. The van der Waals surface area contributed by atoms with E-state index in [4.69, 9.17) is 9.47 Å². The van der Waals surface area contributed by atoms with Crippen LogP contribution < -0.4 is 10.1 Å². The Morgan fingerprint density at radius 2 is 1.94 bits per heavy atom. The summed E-state index contributed by atoms with van der Waals surface area (Å²) >= 11 is 0. The van der Waals surface area contributed by atoms with Crippen LogP contribution in [0.5, 0.6) is 5.88 Å². The molecule has 5 heteroatoms. The minimum atomic E-state index is -0.227. The molecule has 1 unspecified atom stereocenters. The fraction of sp³-hybridized carbons (Fsp3) is 0.692. The fourth-order valence-corrected chi connectivity index (χ4v) is 1.82. The number of aromatic nitrogens is 2. The Morgan fingerprint density at radius 3 is 2.50 bits per heavy atom. The first-order valence-corrected chi connectivity index (χ1v) is 6.17. The van der Waals surface area contributed by atoms with Gasteiger partial charge in [-0.1, -0.05) is 6.92 Å². The molecule has 1 rings (SSSR count). The summed E-state index contributed by atoms with van der Waals surface area (Å²) in [7, 11) is 3.33. The van der Waals surface area contributed by atoms with E-state index in [1.807, 2.05) is 0 Å². The Morgan fingerprint density at radius 1 is 1.28 bits per heavy atom. The van der Waals surface area contributed by atoms with E-state index < -0.39 is 0 Å². The number of ether oxygens (including phenoxy) is 2. The van der Waals surface area contributed by atoms with Crippen LogP contribution in [0.3, 0.4) is 0 Å². The second-order valence-corrected chi connectivity index (χ2v) is 4.73. The van der Waals surface area contributed by atoms with Crippen LogP contribution in [0.2, 0.25) is 0 Å². The summed E-state index contributed by atoms with van der Waals surface area (Å²) in [5.74, 6) is 0.565. The predicted molar refractivity (Wildman–Crippen MR) is 70.7 cm³/mol. The normalized spacial score (nSPS) is 13.4. The van der Waals surface area contributed by atoms with E-state index in [9.17, 15) is 0 Å². The molecule has 1 aromatic heterocycles. The third-order valence-corrected chi connectivity index (χ3v) is 2.91. The van der Waals surface area contributed by atoms with Gasteiger partial charge in [0.1, 0.15) is 5.69 Å². The Kier molecular flexibility index (Phi) is 5.50. The molecular formula is C13H23N3O2. The van der Waals surface area contributed by atoms with Gasteiger partial charge in [-0.25, -0.2) is 4.98 Å².